The largest absolute Gasteiger partial charge is 0.391 e. The molecule has 0 fully saturated rings. The number of hydrogen-bond donors (Lipinski definition) is 6. The predicted octanol–water partition coefficient (Wildman–Crippen LogP) is 1.10. The molecule has 15 heteroatoms. The van der Waals surface area contributed by atoms with Crippen molar-refractivity contribution in [1.82, 2.24) is 21.3 Å². The number of carbonyl (C=O) groups excluding carboxylic acids is 5. The average Bonchev–Trinajstić information content (AvgIpc) is 2.97. The zero-order valence-electron chi connectivity index (χ0n) is 26.3. The topological polar surface area (TPSA) is 223 Å². The minimum Gasteiger partial charge on any atom is -0.391 e. The summed E-state index contributed by atoms with van der Waals surface area (Å²) in [5.74, 6) is -5.83. The van der Waals surface area contributed by atoms with Crippen molar-refractivity contribution >= 4 is 35.2 Å². The van der Waals surface area contributed by atoms with E-state index in [-0.39, 0.29) is 24.3 Å². The van der Waals surface area contributed by atoms with Gasteiger partial charge in [-0.15, -0.1) is 0 Å². The van der Waals surface area contributed by atoms with Crippen LogP contribution in [0.15, 0.2) is 48.5 Å². The number of nitro groups is 1. The second-order valence-electron chi connectivity index (χ2n) is 11.7. The van der Waals surface area contributed by atoms with Crippen molar-refractivity contribution in [3.05, 3.63) is 75.6 Å². The summed E-state index contributed by atoms with van der Waals surface area (Å²) < 4.78 is 13.7. The van der Waals surface area contributed by atoms with E-state index in [0.29, 0.717) is 11.6 Å². The highest BCUT2D eigenvalue weighted by atomic mass is 18.2. The third-order valence-electron chi connectivity index (χ3n) is 6.99. The lowest BCUT2D eigenvalue weighted by atomic mass is 9.99. The van der Waals surface area contributed by atoms with Crippen molar-refractivity contribution in [2.45, 2.75) is 77.7 Å². The normalized spacial score (nSPS) is 14.4. The van der Waals surface area contributed by atoms with Crippen LogP contribution in [0.4, 0.5) is 10.1 Å². The quantitative estimate of drug-likeness (QED) is 0.114. The van der Waals surface area contributed by atoms with Crippen molar-refractivity contribution < 1.29 is 38.4 Å². The molecule has 2 aromatic rings. The van der Waals surface area contributed by atoms with Gasteiger partial charge in [-0.05, 0) is 42.9 Å². The highest BCUT2D eigenvalue weighted by Crippen LogP contribution is 2.19. The first kappa shape index (κ1) is 37.3. The maximum absolute atomic E-state index is 13.7. The molecular formula is C31H41FN6O8. The number of nitrogens with zero attached hydrogens (tertiary/aromatic N) is 1. The molecule has 250 valence electrons. The zero-order chi connectivity index (χ0) is 34.7. The van der Waals surface area contributed by atoms with Gasteiger partial charge in [-0.25, -0.2) is 0 Å². The van der Waals surface area contributed by atoms with Crippen LogP contribution in [0.5, 0.6) is 0 Å². The van der Waals surface area contributed by atoms with Crippen LogP contribution in [0, 0.1) is 27.8 Å². The Morgan fingerprint density at radius 3 is 1.96 bits per heavy atom. The van der Waals surface area contributed by atoms with Gasteiger partial charge >= 0.3 is 5.69 Å². The number of primary amides is 1. The number of rotatable bonds is 16. The van der Waals surface area contributed by atoms with E-state index in [1.165, 1.54) is 6.92 Å². The molecule has 0 aliphatic carbocycles. The number of halogens is 1. The molecule has 0 heterocycles. The van der Waals surface area contributed by atoms with E-state index in [1.807, 2.05) is 13.8 Å². The Hall–Kier alpha value is -4.92. The molecule has 0 unspecified atom stereocenters. The van der Waals surface area contributed by atoms with Crippen molar-refractivity contribution in [1.29, 1.82) is 0 Å². The number of carbonyl (C=O) groups is 5. The fraction of sp³-hybridized carbons (Fsp3) is 0.452. The van der Waals surface area contributed by atoms with Crippen LogP contribution in [0.2, 0.25) is 0 Å². The molecule has 0 bridgehead atoms. The van der Waals surface area contributed by atoms with Gasteiger partial charge in [0.2, 0.25) is 29.4 Å². The van der Waals surface area contributed by atoms with Crippen LogP contribution in [0.1, 0.15) is 57.0 Å². The number of nitrogens with one attached hydrogen (secondary N) is 4. The van der Waals surface area contributed by atoms with Gasteiger partial charge in [0.25, 0.3) is 5.91 Å². The summed E-state index contributed by atoms with van der Waals surface area (Å²) in [6, 6.07) is 6.12. The van der Waals surface area contributed by atoms with E-state index in [0.717, 1.165) is 12.1 Å². The Morgan fingerprint density at radius 1 is 0.848 bits per heavy atom. The first-order chi connectivity index (χ1) is 21.5. The molecule has 2 aromatic carbocycles. The van der Waals surface area contributed by atoms with E-state index in [9.17, 15) is 43.6 Å². The first-order valence-corrected chi connectivity index (χ1v) is 14.7. The third-order valence-corrected chi connectivity index (χ3v) is 6.99. The first-order valence-electron chi connectivity index (χ1n) is 14.7. The van der Waals surface area contributed by atoms with Crippen LogP contribution in [0.25, 0.3) is 0 Å². The number of hydrogen-bond acceptors (Lipinski definition) is 8. The van der Waals surface area contributed by atoms with E-state index in [2.05, 4.69) is 21.3 Å². The van der Waals surface area contributed by atoms with Crippen LogP contribution in [-0.2, 0) is 25.6 Å². The Balaban J connectivity index is 2.28. The molecule has 5 amide bonds. The molecule has 2 rings (SSSR count). The van der Waals surface area contributed by atoms with E-state index < -0.39 is 82.2 Å². The summed E-state index contributed by atoms with van der Waals surface area (Å²) in [7, 11) is 0. The predicted molar refractivity (Wildman–Crippen MR) is 165 cm³/mol. The van der Waals surface area contributed by atoms with Gasteiger partial charge in [0.15, 0.2) is 0 Å². The van der Waals surface area contributed by atoms with E-state index >= 15 is 0 Å². The third kappa shape index (κ3) is 10.9. The Kier molecular flexibility index (Phi) is 13.7. The van der Waals surface area contributed by atoms with E-state index in [4.69, 9.17) is 5.73 Å². The van der Waals surface area contributed by atoms with Crippen LogP contribution in [0.3, 0.4) is 0 Å². The number of amides is 5. The van der Waals surface area contributed by atoms with Crippen molar-refractivity contribution in [3.63, 3.8) is 0 Å². The van der Waals surface area contributed by atoms with Gasteiger partial charge in [-0.3, -0.25) is 34.1 Å². The van der Waals surface area contributed by atoms with Gasteiger partial charge in [-0.2, -0.15) is 4.39 Å². The number of nitrogens with two attached hydrogens (primary N) is 1. The molecule has 46 heavy (non-hydrogen) atoms. The summed E-state index contributed by atoms with van der Waals surface area (Å²) in [6.45, 7) is 8.16. The number of nitro benzene ring substituents is 1. The molecule has 14 nitrogen and oxygen atoms in total. The van der Waals surface area contributed by atoms with Gasteiger partial charge < -0.3 is 32.1 Å². The lowest BCUT2D eigenvalue weighted by Crippen LogP contribution is -2.61. The molecule has 0 spiro atoms. The van der Waals surface area contributed by atoms with E-state index in [1.54, 1.807) is 44.2 Å². The van der Waals surface area contributed by atoms with Crippen LogP contribution < -0.4 is 27.0 Å². The molecular weight excluding hydrogens is 602 g/mol. The van der Waals surface area contributed by atoms with Crippen molar-refractivity contribution in [2.24, 2.45) is 17.6 Å². The second-order valence-corrected chi connectivity index (χ2v) is 11.7. The fourth-order valence-corrected chi connectivity index (χ4v) is 4.51. The Labute approximate surface area is 265 Å². The van der Waals surface area contributed by atoms with Gasteiger partial charge in [0.1, 0.15) is 24.2 Å². The molecule has 0 saturated carbocycles. The standard InChI is InChI=1S/C31H41FN6O8/c1-16(2)13-22(27(33)40)34-29(42)23(14-19-9-7-6-8-10-19)35-30(43)25(17(3)4)36-31(44)26(18(5)39)37-28(41)20-11-12-21(32)24(15-20)38(45)46/h6-12,15-18,22-23,25-26,39H,13-14H2,1-5H3,(H2,33,40)(H,34,42)(H,35,43)(H,36,44)(H,37,41)/t18-,22+,23+,25+,26+/m1/s1/i32-1. The van der Waals surface area contributed by atoms with Crippen molar-refractivity contribution in [3.8, 4) is 0 Å². The molecule has 7 N–H and O–H groups in total. The van der Waals surface area contributed by atoms with Crippen LogP contribution in [-0.4, -0.2) is 69.8 Å². The lowest BCUT2D eigenvalue weighted by Gasteiger charge is -2.28. The summed E-state index contributed by atoms with van der Waals surface area (Å²) in [5, 5.41) is 31.4. The fourth-order valence-electron chi connectivity index (χ4n) is 4.51. The lowest BCUT2D eigenvalue weighted by molar-refractivity contribution is -0.387. The summed E-state index contributed by atoms with van der Waals surface area (Å²) in [6.07, 6.45) is -1.17. The highest BCUT2D eigenvalue weighted by molar-refractivity contribution is 5.99. The van der Waals surface area contributed by atoms with Crippen molar-refractivity contribution in [2.75, 3.05) is 0 Å². The smallest absolute Gasteiger partial charge is 0.305 e. The Morgan fingerprint density at radius 2 is 1.43 bits per heavy atom. The molecule has 0 aromatic heterocycles. The molecule has 0 saturated heterocycles. The summed E-state index contributed by atoms with van der Waals surface area (Å²) >= 11 is 0. The maximum Gasteiger partial charge on any atom is 0.305 e. The number of aliphatic hydroxyl groups is 1. The SMILES string of the molecule is CC(C)C[C@H](NC(=O)[C@H](Cc1ccccc1)NC(=O)[C@@H](NC(=O)[C@@H](NC(=O)c1ccc([18F])c([N+](=O)[O-])c1)[C@@H](C)O)C(C)C)C(N)=O. The molecule has 0 aliphatic heterocycles. The maximum atomic E-state index is 13.7. The minimum atomic E-state index is -1.62. The average molecular weight is 644 g/mol. The zero-order valence-corrected chi connectivity index (χ0v) is 26.3. The monoisotopic (exact) mass is 643 g/mol. The van der Waals surface area contributed by atoms with Gasteiger partial charge in [0, 0.05) is 18.1 Å². The van der Waals surface area contributed by atoms with Gasteiger partial charge in [-0.1, -0.05) is 58.0 Å². The number of aliphatic hydroxyl groups excluding tert-OH is 1. The summed E-state index contributed by atoms with van der Waals surface area (Å²) in [5.41, 5.74) is 4.90. The number of benzene rings is 2. The summed E-state index contributed by atoms with van der Waals surface area (Å²) in [4.78, 5) is 75.1. The molecule has 0 radical (unpaired) electrons. The second kappa shape index (κ2) is 17.0. The minimum absolute atomic E-state index is 0.0287. The molecule has 0 aliphatic rings. The van der Waals surface area contributed by atoms with Gasteiger partial charge in [0.05, 0.1) is 11.0 Å². The molecule has 5 atom stereocenters. The van der Waals surface area contributed by atoms with Crippen LogP contribution >= 0.6 is 0 Å². The Bertz CT molecular complexity index is 1420. The highest BCUT2D eigenvalue weighted by Gasteiger charge is 2.34.